The normalized spacial score (nSPS) is 12.4. The number of phosphoric ester groups is 1. The van der Waals surface area contributed by atoms with Crippen LogP contribution in [0.2, 0.25) is 0 Å². The van der Waals surface area contributed by atoms with Crippen molar-refractivity contribution in [3.05, 3.63) is 0 Å². The minimum Gasteiger partial charge on any atom is -0.329 e. The maximum Gasteiger partial charge on any atom is 0.469 e. The van der Waals surface area contributed by atoms with Crippen LogP contribution in [0.25, 0.3) is 0 Å². The Morgan fingerprint density at radius 1 is 1.33 bits per heavy atom. The minimum atomic E-state index is -4.26. The van der Waals surface area contributed by atoms with Gasteiger partial charge in [0.15, 0.2) is 0 Å². The van der Waals surface area contributed by atoms with Crippen molar-refractivity contribution in [1.82, 2.24) is 0 Å². The molecule has 7 heteroatoms. The number of nitrogens with zero attached hydrogens (tertiary/aromatic N) is 1. The number of rotatable bonds is 4. The van der Waals surface area contributed by atoms with Gasteiger partial charge in [0, 0.05) is 29.6 Å². The Balaban J connectivity index is 0. The summed E-state index contributed by atoms with van der Waals surface area (Å²) < 4.78 is 15.1. The fourth-order valence-electron chi connectivity index (χ4n) is 0.434. The summed E-state index contributed by atoms with van der Waals surface area (Å²) >= 11 is 0. The van der Waals surface area contributed by atoms with Crippen molar-refractivity contribution in [1.29, 1.82) is 0 Å². The third-order valence-corrected chi connectivity index (χ3v) is 1.54. The average molecular weight is 207 g/mol. The van der Waals surface area contributed by atoms with Crippen LogP contribution in [0.3, 0.4) is 0 Å². The molecule has 0 aliphatic heterocycles. The second kappa shape index (κ2) is 5.73. The molecule has 0 amide bonds. The van der Waals surface area contributed by atoms with Gasteiger partial charge in [-0.05, 0) is 0 Å². The molecule has 0 heterocycles. The van der Waals surface area contributed by atoms with Crippen LogP contribution >= 0.6 is 7.82 Å². The van der Waals surface area contributed by atoms with E-state index < -0.39 is 7.82 Å². The number of hydrogen-bond acceptors (Lipinski definition) is 2. The molecule has 0 aliphatic carbocycles. The van der Waals surface area contributed by atoms with Gasteiger partial charge in [0.1, 0.15) is 13.2 Å². The van der Waals surface area contributed by atoms with Gasteiger partial charge in [0.25, 0.3) is 0 Å². The average Bonchev–Trinajstić information content (AvgIpc) is 1.55. The molecule has 2 N–H and O–H groups in total. The Labute approximate surface area is 94.8 Å². The minimum absolute atomic E-state index is 0. The summed E-state index contributed by atoms with van der Waals surface area (Å²) in [6.45, 7) is 0.652. The van der Waals surface area contributed by atoms with Crippen LogP contribution < -0.4 is 0 Å². The van der Waals surface area contributed by atoms with E-state index in [1.165, 1.54) is 0 Å². The van der Waals surface area contributed by atoms with Gasteiger partial charge in [-0.25, -0.2) is 4.57 Å². The van der Waals surface area contributed by atoms with Crippen LogP contribution in [0.1, 0.15) is 0 Å². The SMILES string of the molecule is C[N+](C)(C)CCOP(=O)(O)O.[Na]. The molecule has 1 radical (unpaired) electrons. The summed E-state index contributed by atoms with van der Waals surface area (Å²) in [5, 5.41) is 0. The maximum atomic E-state index is 10.2. The Kier molecular flexibility index (Phi) is 7.42. The molecule has 0 saturated carbocycles. The fraction of sp³-hybridized carbons (Fsp3) is 1.00. The first-order chi connectivity index (χ1) is 4.71. The summed E-state index contributed by atoms with van der Waals surface area (Å²) in [4.78, 5) is 16.6. The second-order valence-corrected chi connectivity index (χ2v) is 4.58. The predicted octanol–water partition coefficient (Wildman–Crippen LogP) is -0.579. The molecular weight excluding hydrogens is 192 g/mol. The van der Waals surface area contributed by atoms with Crippen molar-refractivity contribution in [3.8, 4) is 0 Å². The molecule has 0 atom stereocenters. The van der Waals surface area contributed by atoms with Crippen molar-refractivity contribution >= 4 is 37.4 Å². The molecule has 5 nitrogen and oxygen atoms in total. The summed E-state index contributed by atoms with van der Waals surface area (Å²) in [7, 11) is 1.50. The van der Waals surface area contributed by atoms with E-state index in [4.69, 9.17) is 9.79 Å². The molecule has 0 aromatic carbocycles. The molecule has 0 aromatic heterocycles. The van der Waals surface area contributed by atoms with E-state index in [0.717, 1.165) is 0 Å². The Morgan fingerprint density at radius 3 is 2.00 bits per heavy atom. The van der Waals surface area contributed by atoms with Gasteiger partial charge in [-0.15, -0.1) is 0 Å². The first-order valence-corrected chi connectivity index (χ1v) is 4.74. The second-order valence-electron chi connectivity index (χ2n) is 3.34. The van der Waals surface area contributed by atoms with Crippen LogP contribution in [0.15, 0.2) is 0 Å². The van der Waals surface area contributed by atoms with Gasteiger partial charge >= 0.3 is 7.82 Å². The van der Waals surface area contributed by atoms with Gasteiger partial charge in [-0.3, -0.25) is 4.52 Å². The van der Waals surface area contributed by atoms with E-state index in [0.29, 0.717) is 11.0 Å². The Hall–Kier alpha value is 1.07. The van der Waals surface area contributed by atoms with E-state index >= 15 is 0 Å². The first-order valence-electron chi connectivity index (χ1n) is 3.21. The van der Waals surface area contributed by atoms with Crippen LogP contribution in [0, 0.1) is 0 Å². The van der Waals surface area contributed by atoms with Crippen LogP contribution in [0.5, 0.6) is 0 Å². The topological polar surface area (TPSA) is 66.8 Å². The van der Waals surface area contributed by atoms with Gasteiger partial charge in [-0.2, -0.15) is 0 Å². The van der Waals surface area contributed by atoms with Gasteiger partial charge in [0.2, 0.25) is 0 Å². The van der Waals surface area contributed by atoms with Crippen LogP contribution in [-0.2, 0) is 9.09 Å². The Bertz CT molecular complexity index is 163. The van der Waals surface area contributed by atoms with E-state index in [-0.39, 0.29) is 36.2 Å². The zero-order valence-electron chi connectivity index (χ0n) is 8.02. The van der Waals surface area contributed by atoms with E-state index in [9.17, 15) is 4.57 Å². The summed E-state index contributed by atoms with van der Waals surface area (Å²) in [5.74, 6) is 0. The van der Waals surface area contributed by atoms with Crippen LogP contribution in [-0.4, -0.2) is 78.1 Å². The molecule has 69 valence electrons. The van der Waals surface area contributed by atoms with E-state index in [1.807, 2.05) is 21.1 Å². The molecule has 0 rings (SSSR count). The number of quaternary nitrogens is 1. The first kappa shape index (κ1) is 15.5. The van der Waals surface area contributed by atoms with Crippen molar-refractivity contribution in [2.24, 2.45) is 0 Å². The zero-order valence-corrected chi connectivity index (χ0v) is 10.9. The molecule has 0 spiro atoms. The molecule has 0 bridgehead atoms. The monoisotopic (exact) mass is 207 g/mol. The predicted molar refractivity (Wildman–Crippen MR) is 46.6 cm³/mol. The van der Waals surface area contributed by atoms with Gasteiger partial charge < -0.3 is 14.3 Å². The largest absolute Gasteiger partial charge is 0.469 e. The summed E-state index contributed by atoms with van der Waals surface area (Å²) in [5.41, 5.74) is 0. The third-order valence-electron chi connectivity index (χ3n) is 1.02. The number of phosphoric acid groups is 1. The molecule has 0 aliphatic rings. The van der Waals surface area contributed by atoms with Gasteiger partial charge in [-0.1, -0.05) is 0 Å². The molecule has 0 fully saturated rings. The molecule has 12 heavy (non-hydrogen) atoms. The Morgan fingerprint density at radius 2 is 1.75 bits per heavy atom. The standard InChI is InChI=1S/C5H14NO4P.Na/c1-6(2,3)4-5-10-11(7,8)9;/h4-5H2,1-3H3,(H-,7,8,9);/p+1. The quantitative estimate of drug-likeness (QED) is 0.368. The van der Waals surface area contributed by atoms with Crippen LogP contribution in [0.4, 0.5) is 0 Å². The maximum absolute atomic E-state index is 10.2. The molecule has 0 unspecified atom stereocenters. The zero-order chi connectivity index (χ0) is 9.12. The summed E-state index contributed by atoms with van der Waals surface area (Å²) in [6, 6.07) is 0. The molecule has 0 aromatic rings. The molecule has 0 saturated heterocycles. The number of likely N-dealkylation sites (N-methyl/N-ethyl adjacent to an activating group) is 1. The van der Waals surface area contributed by atoms with Gasteiger partial charge in [0.05, 0.1) is 21.1 Å². The van der Waals surface area contributed by atoms with Crippen molar-refractivity contribution < 1.29 is 23.4 Å². The van der Waals surface area contributed by atoms with Crippen molar-refractivity contribution in [2.75, 3.05) is 34.3 Å². The third kappa shape index (κ3) is 13.6. The van der Waals surface area contributed by atoms with E-state index in [2.05, 4.69) is 4.52 Å². The van der Waals surface area contributed by atoms with Crippen molar-refractivity contribution in [3.63, 3.8) is 0 Å². The summed E-state index contributed by atoms with van der Waals surface area (Å²) in [6.07, 6.45) is 0. The van der Waals surface area contributed by atoms with E-state index in [1.54, 1.807) is 0 Å². The fourth-order valence-corrected chi connectivity index (χ4v) is 0.753. The van der Waals surface area contributed by atoms with Crippen molar-refractivity contribution in [2.45, 2.75) is 0 Å². The number of hydrogen-bond donors (Lipinski definition) is 2. The molecular formula is C5H15NNaO4P+. The smallest absolute Gasteiger partial charge is 0.329 e.